The summed E-state index contributed by atoms with van der Waals surface area (Å²) in [6.45, 7) is 0. The maximum absolute atomic E-state index is 11.2. The molecule has 11 heavy (non-hydrogen) atoms. The molecule has 2 aliphatic heterocycles. The summed E-state index contributed by atoms with van der Waals surface area (Å²) in [7, 11) is 0. The topological polar surface area (TPSA) is 17.1 Å². The third-order valence-electron chi connectivity index (χ3n) is 2.64. The molecule has 0 aliphatic carbocycles. The van der Waals surface area contributed by atoms with Gasteiger partial charge in [-0.25, -0.2) is 0 Å². The number of hydrogen-bond donors (Lipinski definition) is 0. The van der Waals surface area contributed by atoms with Gasteiger partial charge in [0.05, 0.1) is 0 Å². The van der Waals surface area contributed by atoms with Crippen LogP contribution in [0.5, 0.6) is 0 Å². The lowest BCUT2D eigenvalue weighted by Gasteiger charge is -2.24. The van der Waals surface area contributed by atoms with Crippen molar-refractivity contribution in [1.82, 2.24) is 0 Å². The first-order chi connectivity index (χ1) is 5.34. The van der Waals surface area contributed by atoms with Crippen LogP contribution in [-0.2, 0) is 4.79 Å². The maximum atomic E-state index is 11.2. The summed E-state index contributed by atoms with van der Waals surface area (Å²) in [6.07, 6.45) is 6.87. The van der Waals surface area contributed by atoms with Crippen molar-refractivity contribution in [3.8, 4) is 0 Å². The van der Waals surface area contributed by atoms with Gasteiger partial charge in [-0.05, 0) is 19.3 Å². The predicted octanol–water partition coefficient (Wildman–Crippen LogP) is 2.39. The van der Waals surface area contributed by atoms with Gasteiger partial charge in [0.15, 0.2) is 0 Å². The molecular formula is C9H14OS. The van der Waals surface area contributed by atoms with Gasteiger partial charge in [-0.3, -0.25) is 4.79 Å². The van der Waals surface area contributed by atoms with E-state index in [0.717, 1.165) is 24.5 Å². The van der Waals surface area contributed by atoms with Gasteiger partial charge in [-0.15, -0.1) is 0 Å². The molecule has 0 spiro atoms. The van der Waals surface area contributed by atoms with E-state index in [-0.39, 0.29) is 0 Å². The Labute approximate surface area is 71.9 Å². The standard InChI is InChI=1S/C9H14OS/c10-7-4-5-8-2-1-3-9(6-7)11-8/h8-9H,1-6H2. The number of thioether (sulfide) groups is 1. The maximum Gasteiger partial charge on any atom is 0.134 e. The summed E-state index contributed by atoms with van der Waals surface area (Å²) in [5, 5.41) is 1.50. The molecular weight excluding hydrogens is 156 g/mol. The zero-order valence-electron chi connectivity index (χ0n) is 6.71. The Bertz CT molecular complexity index is 167. The van der Waals surface area contributed by atoms with Gasteiger partial charge in [-0.1, -0.05) is 6.42 Å². The Morgan fingerprint density at radius 1 is 1.18 bits per heavy atom. The van der Waals surface area contributed by atoms with Crippen molar-refractivity contribution >= 4 is 17.5 Å². The average Bonchev–Trinajstić information content (AvgIpc) is 2.12. The number of fused-ring (bicyclic) bond motifs is 2. The predicted molar refractivity (Wildman–Crippen MR) is 47.9 cm³/mol. The van der Waals surface area contributed by atoms with Crippen LogP contribution in [0.1, 0.15) is 38.5 Å². The number of Topliss-reactive ketones (excluding diaryl/α,β-unsaturated/α-hetero) is 1. The highest BCUT2D eigenvalue weighted by molar-refractivity contribution is 8.00. The summed E-state index contributed by atoms with van der Waals surface area (Å²) in [5.74, 6) is 0.506. The van der Waals surface area contributed by atoms with Crippen molar-refractivity contribution in [2.75, 3.05) is 0 Å². The second-order valence-electron chi connectivity index (χ2n) is 3.59. The SMILES string of the molecule is O=C1CCC2CCCC(C1)S2. The van der Waals surface area contributed by atoms with E-state index in [2.05, 4.69) is 11.8 Å². The number of rotatable bonds is 0. The van der Waals surface area contributed by atoms with Crippen molar-refractivity contribution in [2.45, 2.75) is 49.0 Å². The Hall–Kier alpha value is 0.0200. The van der Waals surface area contributed by atoms with Gasteiger partial charge in [0.25, 0.3) is 0 Å². The molecule has 0 amide bonds. The molecule has 2 aliphatic rings. The number of hydrogen-bond acceptors (Lipinski definition) is 2. The molecule has 2 saturated heterocycles. The zero-order valence-corrected chi connectivity index (χ0v) is 7.53. The molecule has 2 unspecified atom stereocenters. The van der Waals surface area contributed by atoms with Gasteiger partial charge in [0, 0.05) is 23.3 Å². The fourth-order valence-corrected chi connectivity index (χ4v) is 3.71. The molecule has 2 bridgehead atoms. The summed E-state index contributed by atoms with van der Waals surface area (Å²) >= 11 is 2.08. The summed E-state index contributed by atoms with van der Waals surface area (Å²) in [4.78, 5) is 11.2. The number of carbonyl (C=O) groups excluding carboxylic acids is 1. The van der Waals surface area contributed by atoms with E-state index in [1.54, 1.807) is 0 Å². The van der Waals surface area contributed by atoms with Gasteiger partial charge in [0.2, 0.25) is 0 Å². The van der Waals surface area contributed by atoms with Crippen LogP contribution in [0.4, 0.5) is 0 Å². The zero-order chi connectivity index (χ0) is 7.68. The van der Waals surface area contributed by atoms with E-state index < -0.39 is 0 Å². The minimum Gasteiger partial charge on any atom is -0.300 e. The third kappa shape index (κ3) is 1.78. The third-order valence-corrected chi connectivity index (χ3v) is 4.28. The van der Waals surface area contributed by atoms with Gasteiger partial charge in [0.1, 0.15) is 5.78 Å². The quantitative estimate of drug-likeness (QED) is 0.555. The van der Waals surface area contributed by atoms with E-state index in [1.807, 2.05) is 0 Å². The lowest BCUT2D eigenvalue weighted by Crippen LogP contribution is -2.15. The molecule has 2 heteroatoms. The van der Waals surface area contributed by atoms with Gasteiger partial charge < -0.3 is 0 Å². The smallest absolute Gasteiger partial charge is 0.134 e. The van der Waals surface area contributed by atoms with Crippen LogP contribution in [0.3, 0.4) is 0 Å². The van der Waals surface area contributed by atoms with Crippen LogP contribution in [0.2, 0.25) is 0 Å². The minimum atomic E-state index is 0.506. The first-order valence-electron chi connectivity index (χ1n) is 4.52. The van der Waals surface area contributed by atoms with Crippen molar-refractivity contribution < 1.29 is 4.79 Å². The van der Waals surface area contributed by atoms with Gasteiger partial charge in [-0.2, -0.15) is 11.8 Å². The summed E-state index contributed by atoms with van der Waals surface area (Å²) < 4.78 is 0. The van der Waals surface area contributed by atoms with Crippen LogP contribution in [0, 0.1) is 0 Å². The molecule has 0 N–H and O–H groups in total. The fraction of sp³-hybridized carbons (Fsp3) is 0.889. The highest BCUT2D eigenvalue weighted by Crippen LogP contribution is 2.38. The molecule has 2 atom stereocenters. The first-order valence-corrected chi connectivity index (χ1v) is 5.46. The molecule has 2 fully saturated rings. The van der Waals surface area contributed by atoms with Crippen molar-refractivity contribution in [1.29, 1.82) is 0 Å². The Morgan fingerprint density at radius 3 is 2.91 bits per heavy atom. The highest BCUT2D eigenvalue weighted by atomic mass is 32.2. The molecule has 0 aromatic rings. The monoisotopic (exact) mass is 170 g/mol. The van der Waals surface area contributed by atoms with Crippen LogP contribution in [0.15, 0.2) is 0 Å². The average molecular weight is 170 g/mol. The van der Waals surface area contributed by atoms with Crippen molar-refractivity contribution in [3.05, 3.63) is 0 Å². The Kier molecular flexibility index (Phi) is 2.21. The number of ketones is 1. The van der Waals surface area contributed by atoms with Crippen LogP contribution >= 0.6 is 11.8 Å². The molecule has 0 aromatic carbocycles. The van der Waals surface area contributed by atoms with Crippen LogP contribution in [-0.4, -0.2) is 16.3 Å². The lowest BCUT2D eigenvalue weighted by atomic mass is 10.1. The largest absolute Gasteiger partial charge is 0.300 e. The van der Waals surface area contributed by atoms with Crippen LogP contribution < -0.4 is 0 Å². The first kappa shape index (κ1) is 7.66. The van der Waals surface area contributed by atoms with Crippen molar-refractivity contribution in [2.24, 2.45) is 0 Å². The lowest BCUT2D eigenvalue weighted by molar-refractivity contribution is -0.118. The van der Waals surface area contributed by atoms with Gasteiger partial charge >= 0.3 is 0 Å². The second-order valence-corrected chi connectivity index (χ2v) is 5.20. The summed E-state index contributed by atoms with van der Waals surface area (Å²) in [6, 6.07) is 0. The van der Waals surface area contributed by atoms with E-state index >= 15 is 0 Å². The van der Waals surface area contributed by atoms with E-state index in [4.69, 9.17) is 0 Å². The highest BCUT2D eigenvalue weighted by Gasteiger charge is 2.27. The Balaban J connectivity index is 2.04. The van der Waals surface area contributed by atoms with E-state index in [1.165, 1.54) is 19.3 Å². The molecule has 62 valence electrons. The number of carbonyl (C=O) groups is 1. The molecule has 2 rings (SSSR count). The molecule has 0 radical (unpaired) electrons. The van der Waals surface area contributed by atoms with Crippen molar-refractivity contribution in [3.63, 3.8) is 0 Å². The fourth-order valence-electron chi connectivity index (χ4n) is 2.02. The van der Waals surface area contributed by atoms with E-state index in [9.17, 15) is 4.79 Å². The minimum absolute atomic E-state index is 0.506. The molecule has 0 saturated carbocycles. The molecule has 2 heterocycles. The Morgan fingerprint density at radius 2 is 2.00 bits per heavy atom. The normalized spacial score (nSPS) is 38.4. The second kappa shape index (κ2) is 3.18. The molecule has 1 nitrogen and oxygen atoms in total. The van der Waals surface area contributed by atoms with E-state index in [0.29, 0.717) is 11.0 Å². The summed E-state index contributed by atoms with van der Waals surface area (Å²) in [5.41, 5.74) is 0. The molecule has 0 aromatic heterocycles. The van der Waals surface area contributed by atoms with Crippen LogP contribution in [0.25, 0.3) is 0 Å².